The van der Waals surface area contributed by atoms with Gasteiger partial charge in [-0.1, -0.05) is 12.1 Å². The number of hydrogen-bond acceptors (Lipinski definition) is 3. The van der Waals surface area contributed by atoms with Gasteiger partial charge in [-0.05, 0) is 41.9 Å². The minimum absolute atomic E-state index is 0.111. The summed E-state index contributed by atoms with van der Waals surface area (Å²) < 4.78 is 12.0. The standard InChI is InChI=1S/C13H20BrNO2/c1-3-16-13(17-4-2)9-10-15-12-8-6-5-7-11(12)14/h5-8,13,15H,3-4,9-10H2,1-2H3. The Morgan fingerprint density at radius 3 is 2.41 bits per heavy atom. The molecule has 1 N–H and O–H groups in total. The maximum atomic E-state index is 5.48. The fraction of sp³-hybridized carbons (Fsp3) is 0.538. The molecule has 1 rings (SSSR count). The molecule has 96 valence electrons. The van der Waals surface area contributed by atoms with Crippen LogP contribution in [0.2, 0.25) is 0 Å². The number of nitrogens with one attached hydrogen (secondary N) is 1. The summed E-state index contributed by atoms with van der Waals surface area (Å²) in [5.74, 6) is 0. The minimum atomic E-state index is -0.111. The summed E-state index contributed by atoms with van der Waals surface area (Å²) in [6, 6.07) is 8.07. The summed E-state index contributed by atoms with van der Waals surface area (Å²) in [6.07, 6.45) is 0.725. The van der Waals surface area contributed by atoms with Crippen LogP contribution in [-0.2, 0) is 9.47 Å². The lowest BCUT2D eigenvalue weighted by atomic mass is 10.3. The number of hydrogen-bond donors (Lipinski definition) is 1. The average Bonchev–Trinajstić information content (AvgIpc) is 2.32. The van der Waals surface area contributed by atoms with E-state index in [2.05, 4.69) is 21.2 Å². The Bertz CT molecular complexity index is 314. The van der Waals surface area contributed by atoms with Gasteiger partial charge in [-0.2, -0.15) is 0 Å². The Labute approximate surface area is 112 Å². The summed E-state index contributed by atoms with van der Waals surface area (Å²) in [7, 11) is 0. The van der Waals surface area contributed by atoms with Crippen LogP contribution in [0.3, 0.4) is 0 Å². The van der Waals surface area contributed by atoms with Crippen LogP contribution < -0.4 is 5.32 Å². The first-order chi connectivity index (χ1) is 8.27. The molecule has 0 bridgehead atoms. The molecule has 0 fully saturated rings. The number of para-hydroxylation sites is 1. The van der Waals surface area contributed by atoms with E-state index >= 15 is 0 Å². The minimum Gasteiger partial charge on any atom is -0.384 e. The zero-order valence-corrected chi connectivity index (χ0v) is 12.0. The molecule has 1 aromatic rings. The highest BCUT2D eigenvalue weighted by molar-refractivity contribution is 9.10. The zero-order chi connectivity index (χ0) is 12.5. The van der Waals surface area contributed by atoms with Crippen molar-refractivity contribution in [3.05, 3.63) is 28.7 Å². The van der Waals surface area contributed by atoms with Crippen LogP contribution in [0.1, 0.15) is 20.3 Å². The van der Waals surface area contributed by atoms with Gasteiger partial charge in [-0.25, -0.2) is 0 Å². The third-order valence-electron chi connectivity index (χ3n) is 2.27. The summed E-state index contributed by atoms with van der Waals surface area (Å²) in [5, 5.41) is 3.35. The van der Waals surface area contributed by atoms with E-state index in [1.165, 1.54) is 0 Å². The Balaban J connectivity index is 2.33. The predicted octanol–water partition coefficient (Wildman–Crippen LogP) is 3.65. The molecule has 0 atom stereocenters. The van der Waals surface area contributed by atoms with Crippen molar-refractivity contribution >= 4 is 21.6 Å². The van der Waals surface area contributed by atoms with Crippen LogP contribution in [0.25, 0.3) is 0 Å². The second-order valence-electron chi connectivity index (χ2n) is 3.54. The largest absolute Gasteiger partial charge is 0.384 e. The van der Waals surface area contributed by atoms with Gasteiger partial charge in [-0.15, -0.1) is 0 Å². The Kier molecular flexibility index (Phi) is 7.24. The van der Waals surface area contributed by atoms with Crippen LogP contribution in [0.4, 0.5) is 5.69 Å². The number of benzene rings is 1. The van der Waals surface area contributed by atoms with Gasteiger partial charge in [0.1, 0.15) is 0 Å². The van der Waals surface area contributed by atoms with Crippen LogP contribution in [0.5, 0.6) is 0 Å². The fourth-order valence-corrected chi connectivity index (χ4v) is 1.94. The monoisotopic (exact) mass is 301 g/mol. The fourth-order valence-electron chi connectivity index (χ4n) is 1.52. The molecular formula is C13H20BrNO2. The highest BCUT2D eigenvalue weighted by Crippen LogP contribution is 2.21. The topological polar surface area (TPSA) is 30.5 Å². The van der Waals surface area contributed by atoms with Gasteiger partial charge in [-0.3, -0.25) is 0 Å². The van der Waals surface area contributed by atoms with Gasteiger partial charge in [0.05, 0.1) is 0 Å². The van der Waals surface area contributed by atoms with Gasteiger partial charge < -0.3 is 14.8 Å². The molecule has 0 spiro atoms. The molecule has 4 heteroatoms. The van der Waals surface area contributed by atoms with E-state index in [-0.39, 0.29) is 6.29 Å². The Morgan fingerprint density at radius 1 is 1.18 bits per heavy atom. The average molecular weight is 302 g/mol. The smallest absolute Gasteiger partial charge is 0.159 e. The molecule has 0 aromatic heterocycles. The lowest BCUT2D eigenvalue weighted by Crippen LogP contribution is -2.21. The summed E-state index contributed by atoms with van der Waals surface area (Å²) in [4.78, 5) is 0. The quantitative estimate of drug-likeness (QED) is 0.744. The SMILES string of the molecule is CCOC(CCNc1ccccc1Br)OCC. The van der Waals surface area contributed by atoms with Crippen LogP contribution in [0, 0.1) is 0 Å². The Morgan fingerprint density at radius 2 is 1.82 bits per heavy atom. The van der Waals surface area contributed by atoms with Gasteiger partial charge in [0.25, 0.3) is 0 Å². The summed E-state index contributed by atoms with van der Waals surface area (Å²) >= 11 is 3.50. The predicted molar refractivity (Wildman–Crippen MR) is 74.3 cm³/mol. The molecule has 0 aliphatic carbocycles. The van der Waals surface area contributed by atoms with E-state index in [1.807, 2.05) is 38.1 Å². The molecular weight excluding hydrogens is 282 g/mol. The van der Waals surface area contributed by atoms with Crippen LogP contribution >= 0.6 is 15.9 Å². The molecule has 0 saturated heterocycles. The maximum Gasteiger partial charge on any atom is 0.159 e. The van der Waals surface area contributed by atoms with E-state index in [1.54, 1.807) is 0 Å². The molecule has 0 aliphatic heterocycles. The van der Waals surface area contributed by atoms with Crippen molar-refractivity contribution in [2.75, 3.05) is 25.1 Å². The van der Waals surface area contributed by atoms with E-state index in [0.717, 1.165) is 23.1 Å². The van der Waals surface area contributed by atoms with Crippen molar-refractivity contribution in [1.29, 1.82) is 0 Å². The van der Waals surface area contributed by atoms with E-state index in [9.17, 15) is 0 Å². The lowest BCUT2D eigenvalue weighted by molar-refractivity contribution is -0.137. The highest BCUT2D eigenvalue weighted by atomic mass is 79.9. The van der Waals surface area contributed by atoms with Crippen molar-refractivity contribution in [2.45, 2.75) is 26.6 Å². The second-order valence-corrected chi connectivity index (χ2v) is 4.39. The molecule has 0 saturated carbocycles. The number of anilines is 1. The normalized spacial score (nSPS) is 10.8. The molecule has 0 unspecified atom stereocenters. The summed E-state index contributed by atoms with van der Waals surface area (Å²) in [6.45, 7) is 6.15. The van der Waals surface area contributed by atoms with Gasteiger partial charge in [0, 0.05) is 36.3 Å². The van der Waals surface area contributed by atoms with Crippen molar-refractivity contribution < 1.29 is 9.47 Å². The van der Waals surface area contributed by atoms with Crippen molar-refractivity contribution in [2.24, 2.45) is 0 Å². The third-order valence-corrected chi connectivity index (χ3v) is 2.97. The van der Waals surface area contributed by atoms with Gasteiger partial charge >= 0.3 is 0 Å². The molecule has 17 heavy (non-hydrogen) atoms. The van der Waals surface area contributed by atoms with Crippen LogP contribution in [0.15, 0.2) is 28.7 Å². The maximum absolute atomic E-state index is 5.48. The van der Waals surface area contributed by atoms with E-state index < -0.39 is 0 Å². The van der Waals surface area contributed by atoms with Crippen molar-refractivity contribution in [3.63, 3.8) is 0 Å². The molecule has 0 aliphatic rings. The first-order valence-electron chi connectivity index (χ1n) is 5.99. The molecule has 1 aromatic carbocycles. The zero-order valence-electron chi connectivity index (χ0n) is 10.4. The number of rotatable bonds is 8. The van der Waals surface area contributed by atoms with Crippen LogP contribution in [-0.4, -0.2) is 26.0 Å². The van der Waals surface area contributed by atoms with Gasteiger partial charge in [0.2, 0.25) is 0 Å². The van der Waals surface area contributed by atoms with Crippen molar-refractivity contribution in [3.8, 4) is 0 Å². The second kappa shape index (κ2) is 8.50. The number of halogens is 1. The van der Waals surface area contributed by atoms with E-state index in [4.69, 9.17) is 9.47 Å². The highest BCUT2D eigenvalue weighted by Gasteiger charge is 2.07. The molecule has 0 amide bonds. The van der Waals surface area contributed by atoms with Crippen molar-refractivity contribution in [1.82, 2.24) is 0 Å². The number of ether oxygens (including phenoxy) is 2. The molecule has 0 radical (unpaired) electrons. The lowest BCUT2D eigenvalue weighted by Gasteiger charge is -2.17. The summed E-state index contributed by atoms with van der Waals surface area (Å²) in [5.41, 5.74) is 1.10. The van der Waals surface area contributed by atoms with Gasteiger partial charge in [0.15, 0.2) is 6.29 Å². The Hall–Kier alpha value is -0.580. The third kappa shape index (κ3) is 5.52. The molecule has 0 heterocycles. The first kappa shape index (κ1) is 14.5. The molecule has 3 nitrogen and oxygen atoms in total. The first-order valence-corrected chi connectivity index (χ1v) is 6.78. The van der Waals surface area contributed by atoms with E-state index in [0.29, 0.717) is 13.2 Å².